The van der Waals surface area contributed by atoms with Gasteiger partial charge in [0.15, 0.2) is 0 Å². The van der Waals surface area contributed by atoms with Gasteiger partial charge in [-0.05, 0) is 13.8 Å². The molecule has 0 heterocycles. The molecule has 0 saturated carbocycles. The Morgan fingerprint density at radius 1 is 1.40 bits per heavy atom. The van der Waals surface area contributed by atoms with Crippen molar-refractivity contribution in [3.05, 3.63) is 0 Å². The Morgan fingerprint density at radius 2 is 1.90 bits per heavy atom. The molecule has 10 heavy (non-hydrogen) atoms. The van der Waals surface area contributed by atoms with Crippen LogP contribution in [0.4, 0.5) is 0 Å². The van der Waals surface area contributed by atoms with Crippen LogP contribution in [0.3, 0.4) is 0 Å². The number of halogens is 1. The van der Waals surface area contributed by atoms with Crippen LogP contribution in [0, 0.1) is 0 Å². The second-order valence-electron chi connectivity index (χ2n) is 1.68. The summed E-state index contributed by atoms with van der Waals surface area (Å²) >= 11 is 0. The van der Waals surface area contributed by atoms with Crippen LogP contribution in [0.25, 0.3) is 0 Å². The van der Waals surface area contributed by atoms with Crippen LogP contribution in [-0.2, 0) is 14.3 Å². The van der Waals surface area contributed by atoms with Gasteiger partial charge < -0.3 is 4.74 Å². The number of carbonyl (C=O) groups excluding carboxylic acids is 2. The van der Waals surface area contributed by atoms with E-state index in [1.165, 1.54) is 6.92 Å². The van der Waals surface area contributed by atoms with E-state index in [9.17, 15) is 9.59 Å². The molecule has 0 unspecified atom stereocenters. The molecule has 0 aromatic carbocycles. The van der Waals surface area contributed by atoms with E-state index in [1.54, 1.807) is 6.92 Å². The average Bonchev–Trinajstić information content (AvgIpc) is 1.63. The first-order chi connectivity index (χ1) is 4.16. The van der Waals surface area contributed by atoms with Crippen molar-refractivity contribution in [2.45, 2.75) is 20.3 Å². The minimum atomic E-state index is -0.440. The van der Waals surface area contributed by atoms with Crippen LogP contribution >= 0.6 is 24.0 Å². The molecule has 60 valence electrons. The van der Waals surface area contributed by atoms with Gasteiger partial charge >= 0.3 is 5.97 Å². The van der Waals surface area contributed by atoms with E-state index in [0.29, 0.717) is 6.61 Å². The van der Waals surface area contributed by atoms with Crippen LogP contribution in [0.5, 0.6) is 0 Å². The number of rotatable bonds is 3. The zero-order valence-corrected chi connectivity index (χ0v) is 8.38. The zero-order valence-electron chi connectivity index (χ0n) is 6.05. The van der Waals surface area contributed by atoms with E-state index < -0.39 is 5.97 Å². The summed E-state index contributed by atoms with van der Waals surface area (Å²) in [5, 5.41) is 0. The molecule has 0 amide bonds. The number of carbonyl (C=O) groups is 2. The van der Waals surface area contributed by atoms with Crippen molar-refractivity contribution in [3.63, 3.8) is 0 Å². The third-order valence-corrected chi connectivity index (χ3v) is 0.699. The first-order valence-electron chi connectivity index (χ1n) is 2.82. The standard InChI is InChI=1S/C6H10O3.HI/c1-3-9-6(8)4-5(2)7;/h3-4H2,1-2H3;1H. The predicted octanol–water partition coefficient (Wildman–Crippen LogP) is 1.15. The lowest BCUT2D eigenvalue weighted by atomic mass is 10.3. The third kappa shape index (κ3) is 7.87. The summed E-state index contributed by atoms with van der Waals surface area (Å²) in [6.45, 7) is 3.40. The summed E-state index contributed by atoms with van der Waals surface area (Å²) in [6.07, 6.45) is -0.103. The van der Waals surface area contributed by atoms with Crippen molar-refractivity contribution < 1.29 is 14.3 Å². The number of ketones is 1. The van der Waals surface area contributed by atoms with Crippen LogP contribution in [0.1, 0.15) is 20.3 Å². The molecule has 0 spiro atoms. The topological polar surface area (TPSA) is 43.4 Å². The maximum Gasteiger partial charge on any atom is 0.313 e. The van der Waals surface area contributed by atoms with Gasteiger partial charge in [-0.25, -0.2) is 0 Å². The highest BCUT2D eigenvalue weighted by atomic mass is 127. The normalized spacial score (nSPS) is 7.80. The van der Waals surface area contributed by atoms with Gasteiger partial charge in [-0.3, -0.25) is 9.59 Å². The Kier molecular flexibility index (Phi) is 8.75. The SMILES string of the molecule is CCOC(=O)CC(C)=O.I. The molecule has 0 bridgehead atoms. The van der Waals surface area contributed by atoms with Gasteiger partial charge in [0.25, 0.3) is 0 Å². The average molecular weight is 258 g/mol. The first kappa shape index (κ1) is 12.5. The first-order valence-corrected chi connectivity index (χ1v) is 2.82. The van der Waals surface area contributed by atoms with Gasteiger partial charge in [-0.15, -0.1) is 24.0 Å². The summed E-state index contributed by atoms with van der Waals surface area (Å²) in [7, 11) is 0. The third-order valence-electron chi connectivity index (χ3n) is 0.699. The molecule has 3 nitrogen and oxygen atoms in total. The molecule has 0 aliphatic carbocycles. The van der Waals surface area contributed by atoms with E-state index in [0.717, 1.165) is 0 Å². The van der Waals surface area contributed by atoms with Crippen molar-refractivity contribution in [1.29, 1.82) is 0 Å². The highest BCUT2D eigenvalue weighted by Crippen LogP contribution is 1.86. The molecule has 4 heteroatoms. The number of ether oxygens (including phenoxy) is 1. The van der Waals surface area contributed by atoms with Crippen molar-refractivity contribution in [2.24, 2.45) is 0 Å². The summed E-state index contributed by atoms with van der Waals surface area (Å²) in [4.78, 5) is 20.6. The van der Waals surface area contributed by atoms with Crippen LogP contribution in [-0.4, -0.2) is 18.4 Å². The molecule has 0 N–H and O–H groups in total. The van der Waals surface area contributed by atoms with E-state index in [4.69, 9.17) is 0 Å². The highest BCUT2D eigenvalue weighted by Gasteiger charge is 2.03. The smallest absolute Gasteiger partial charge is 0.313 e. The van der Waals surface area contributed by atoms with Crippen LogP contribution < -0.4 is 0 Å². The maximum atomic E-state index is 10.4. The molecule has 0 radical (unpaired) electrons. The van der Waals surface area contributed by atoms with Crippen molar-refractivity contribution >= 4 is 35.7 Å². The Hall–Kier alpha value is -0.130. The van der Waals surface area contributed by atoms with E-state index >= 15 is 0 Å². The Morgan fingerprint density at radius 3 is 2.20 bits per heavy atom. The van der Waals surface area contributed by atoms with Gasteiger partial charge in [0, 0.05) is 0 Å². The van der Waals surface area contributed by atoms with E-state index in [2.05, 4.69) is 4.74 Å². The molecular formula is C6H11IO3. The summed E-state index contributed by atoms with van der Waals surface area (Å²) < 4.78 is 4.49. The monoisotopic (exact) mass is 258 g/mol. The lowest BCUT2D eigenvalue weighted by molar-refractivity contribution is -0.145. The van der Waals surface area contributed by atoms with Crippen molar-refractivity contribution in [1.82, 2.24) is 0 Å². The fourth-order valence-corrected chi connectivity index (χ4v) is 0.415. The fraction of sp³-hybridized carbons (Fsp3) is 0.667. The van der Waals surface area contributed by atoms with Gasteiger partial charge in [-0.2, -0.15) is 0 Å². The lowest BCUT2D eigenvalue weighted by Gasteiger charge is -1.96. The number of hydrogen-bond acceptors (Lipinski definition) is 3. The quantitative estimate of drug-likeness (QED) is 0.433. The Bertz CT molecular complexity index is 122. The van der Waals surface area contributed by atoms with Crippen molar-refractivity contribution in [3.8, 4) is 0 Å². The molecule has 0 rings (SSSR count). The number of Topliss-reactive ketones (excluding diaryl/α,β-unsaturated/α-hetero) is 1. The number of hydrogen-bond donors (Lipinski definition) is 0. The molecule has 0 aliphatic rings. The predicted molar refractivity (Wildman–Crippen MR) is 47.3 cm³/mol. The van der Waals surface area contributed by atoms with Gasteiger partial charge in [-0.1, -0.05) is 0 Å². The summed E-state index contributed by atoms with van der Waals surface area (Å²) in [5.74, 6) is -0.599. The largest absolute Gasteiger partial charge is 0.466 e. The van der Waals surface area contributed by atoms with E-state index in [-0.39, 0.29) is 36.2 Å². The summed E-state index contributed by atoms with van der Waals surface area (Å²) in [5.41, 5.74) is 0. The maximum absolute atomic E-state index is 10.4. The van der Waals surface area contributed by atoms with Crippen molar-refractivity contribution in [2.75, 3.05) is 6.61 Å². The van der Waals surface area contributed by atoms with E-state index in [1.807, 2.05) is 0 Å². The zero-order chi connectivity index (χ0) is 7.28. The van der Waals surface area contributed by atoms with Gasteiger partial charge in [0.2, 0.25) is 0 Å². The molecule has 0 aliphatic heterocycles. The minimum Gasteiger partial charge on any atom is -0.466 e. The Balaban J connectivity index is 0. The van der Waals surface area contributed by atoms with Crippen LogP contribution in [0.2, 0.25) is 0 Å². The lowest BCUT2D eigenvalue weighted by Crippen LogP contribution is -2.07. The molecule has 0 atom stereocenters. The van der Waals surface area contributed by atoms with Gasteiger partial charge in [0.1, 0.15) is 12.2 Å². The van der Waals surface area contributed by atoms with Crippen LogP contribution in [0.15, 0.2) is 0 Å². The molecular weight excluding hydrogens is 247 g/mol. The molecule has 0 fully saturated rings. The molecule has 0 saturated heterocycles. The van der Waals surface area contributed by atoms with Gasteiger partial charge in [0.05, 0.1) is 6.61 Å². The highest BCUT2D eigenvalue weighted by molar-refractivity contribution is 14.0. The Labute approximate surface area is 77.1 Å². The fourth-order valence-electron chi connectivity index (χ4n) is 0.415. The summed E-state index contributed by atoms with van der Waals surface area (Å²) in [6, 6.07) is 0. The molecule has 0 aromatic heterocycles. The second kappa shape index (κ2) is 6.98. The molecule has 0 aromatic rings. The minimum absolute atomic E-state index is 0. The second-order valence-corrected chi connectivity index (χ2v) is 1.68. The number of esters is 1.